The van der Waals surface area contributed by atoms with Crippen LogP contribution in [0.2, 0.25) is 0 Å². The van der Waals surface area contributed by atoms with Crippen molar-refractivity contribution in [2.45, 2.75) is 33.4 Å². The van der Waals surface area contributed by atoms with E-state index in [0.717, 1.165) is 22.8 Å². The number of rotatable bonds is 6. The predicted molar refractivity (Wildman–Crippen MR) is 87.4 cm³/mol. The number of nitrogens with one attached hydrogen (secondary N) is 1. The summed E-state index contributed by atoms with van der Waals surface area (Å²) < 4.78 is 14.3. The fourth-order valence-electron chi connectivity index (χ4n) is 2.34. The molecule has 0 radical (unpaired) electrons. The molecular formula is C16H22FN3S. The van der Waals surface area contributed by atoms with Gasteiger partial charge < -0.3 is 10.2 Å². The number of anilines is 1. The van der Waals surface area contributed by atoms with E-state index in [-0.39, 0.29) is 11.9 Å². The summed E-state index contributed by atoms with van der Waals surface area (Å²) in [7, 11) is 1.89. The van der Waals surface area contributed by atoms with E-state index in [1.807, 2.05) is 50.2 Å². The fourth-order valence-corrected chi connectivity index (χ4v) is 2.94. The van der Waals surface area contributed by atoms with Gasteiger partial charge in [-0.3, -0.25) is 0 Å². The van der Waals surface area contributed by atoms with Crippen LogP contribution in [-0.4, -0.2) is 18.6 Å². The van der Waals surface area contributed by atoms with Gasteiger partial charge in [0.1, 0.15) is 5.82 Å². The highest BCUT2D eigenvalue weighted by molar-refractivity contribution is 7.09. The van der Waals surface area contributed by atoms with E-state index in [9.17, 15) is 4.39 Å². The Kier molecular flexibility index (Phi) is 5.31. The van der Waals surface area contributed by atoms with Crippen LogP contribution in [0.4, 0.5) is 10.1 Å². The summed E-state index contributed by atoms with van der Waals surface area (Å²) in [5.74, 6) is -0.188. The molecule has 0 aliphatic heterocycles. The van der Waals surface area contributed by atoms with E-state index >= 15 is 0 Å². The summed E-state index contributed by atoms with van der Waals surface area (Å²) in [6.45, 7) is 7.55. The Labute approximate surface area is 129 Å². The maximum Gasteiger partial charge on any atom is 0.146 e. The Morgan fingerprint density at radius 1 is 1.43 bits per heavy atom. The first kappa shape index (κ1) is 15.9. The standard InChI is InChI=1S/C16H22FN3S/c1-5-18-11(2)13-6-7-16(15(17)8-13)20(4)9-14-10-21-12(3)19-14/h6-8,10-11,18H,5,9H2,1-4H3. The minimum atomic E-state index is -0.188. The fraction of sp³-hybridized carbons (Fsp3) is 0.438. The number of thiazole rings is 1. The van der Waals surface area contributed by atoms with Crippen LogP contribution in [0.5, 0.6) is 0 Å². The topological polar surface area (TPSA) is 28.2 Å². The lowest BCUT2D eigenvalue weighted by Gasteiger charge is -2.20. The zero-order chi connectivity index (χ0) is 15.4. The number of nitrogens with zero attached hydrogens (tertiary/aromatic N) is 2. The van der Waals surface area contributed by atoms with Crippen LogP contribution in [0.3, 0.4) is 0 Å². The molecule has 1 N–H and O–H groups in total. The largest absolute Gasteiger partial charge is 0.366 e. The van der Waals surface area contributed by atoms with Crippen molar-refractivity contribution in [1.82, 2.24) is 10.3 Å². The molecule has 0 saturated heterocycles. The van der Waals surface area contributed by atoms with Crippen LogP contribution in [0.25, 0.3) is 0 Å². The van der Waals surface area contributed by atoms with Crippen LogP contribution in [-0.2, 0) is 6.54 Å². The van der Waals surface area contributed by atoms with Gasteiger partial charge in [0.15, 0.2) is 0 Å². The molecule has 1 aromatic carbocycles. The average Bonchev–Trinajstić information content (AvgIpc) is 2.84. The van der Waals surface area contributed by atoms with Gasteiger partial charge in [0.2, 0.25) is 0 Å². The highest BCUT2D eigenvalue weighted by Crippen LogP contribution is 2.24. The Bertz CT molecular complexity index is 597. The van der Waals surface area contributed by atoms with Crippen LogP contribution in [0.15, 0.2) is 23.6 Å². The molecule has 0 aliphatic carbocycles. The van der Waals surface area contributed by atoms with Crippen LogP contribution >= 0.6 is 11.3 Å². The molecule has 21 heavy (non-hydrogen) atoms. The maximum absolute atomic E-state index is 14.3. The molecule has 0 fully saturated rings. The molecule has 1 heterocycles. The lowest BCUT2D eigenvalue weighted by atomic mass is 10.1. The van der Waals surface area contributed by atoms with Gasteiger partial charge in [0.25, 0.3) is 0 Å². The lowest BCUT2D eigenvalue weighted by molar-refractivity contribution is 0.581. The zero-order valence-corrected chi connectivity index (χ0v) is 13.8. The Morgan fingerprint density at radius 2 is 2.19 bits per heavy atom. The molecular weight excluding hydrogens is 285 g/mol. The monoisotopic (exact) mass is 307 g/mol. The molecule has 0 bridgehead atoms. The first-order chi connectivity index (χ1) is 10.0. The van der Waals surface area contributed by atoms with Crippen molar-refractivity contribution < 1.29 is 4.39 Å². The van der Waals surface area contributed by atoms with E-state index in [4.69, 9.17) is 0 Å². The SMILES string of the molecule is CCNC(C)c1ccc(N(C)Cc2csc(C)n2)c(F)c1. The third-order valence-electron chi connectivity index (χ3n) is 3.46. The number of halogens is 1. The second-order valence-corrected chi connectivity index (χ2v) is 6.27. The number of hydrogen-bond acceptors (Lipinski definition) is 4. The molecule has 5 heteroatoms. The molecule has 1 aromatic heterocycles. The van der Waals surface area contributed by atoms with E-state index in [0.29, 0.717) is 12.2 Å². The van der Waals surface area contributed by atoms with E-state index < -0.39 is 0 Å². The second-order valence-electron chi connectivity index (χ2n) is 5.20. The highest BCUT2D eigenvalue weighted by atomic mass is 32.1. The van der Waals surface area contributed by atoms with E-state index in [1.165, 1.54) is 0 Å². The highest BCUT2D eigenvalue weighted by Gasteiger charge is 2.12. The molecule has 0 aliphatic rings. The molecule has 0 saturated carbocycles. The average molecular weight is 307 g/mol. The third kappa shape index (κ3) is 4.02. The van der Waals surface area contributed by atoms with E-state index in [1.54, 1.807) is 17.4 Å². The number of benzene rings is 1. The van der Waals surface area contributed by atoms with Crippen molar-refractivity contribution in [2.75, 3.05) is 18.5 Å². The van der Waals surface area contributed by atoms with Crippen LogP contribution in [0.1, 0.15) is 36.2 Å². The first-order valence-electron chi connectivity index (χ1n) is 7.16. The predicted octanol–water partition coefficient (Wildman–Crippen LogP) is 3.90. The van der Waals surface area contributed by atoms with Crippen molar-refractivity contribution in [3.8, 4) is 0 Å². The van der Waals surface area contributed by atoms with Gasteiger partial charge >= 0.3 is 0 Å². The Morgan fingerprint density at radius 3 is 2.76 bits per heavy atom. The minimum absolute atomic E-state index is 0.157. The lowest BCUT2D eigenvalue weighted by Crippen LogP contribution is -2.20. The molecule has 0 spiro atoms. The van der Waals surface area contributed by atoms with Gasteiger partial charge in [-0.05, 0) is 38.1 Å². The summed E-state index contributed by atoms with van der Waals surface area (Å²) in [4.78, 5) is 6.31. The van der Waals surface area contributed by atoms with Gasteiger partial charge in [-0.25, -0.2) is 9.37 Å². The van der Waals surface area contributed by atoms with Gasteiger partial charge in [-0.1, -0.05) is 13.0 Å². The molecule has 1 atom stereocenters. The quantitative estimate of drug-likeness (QED) is 0.877. The summed E-state index contributed by atoms with van der Waals surface area (Å²) in [6.07, 6.45) is 0. The summed E-state index contributed by atoms with van der Waals surface area (Å²) >= 11 is 1.62. The maximum atomic E-state index is 14.3. The normalized spacial score (nSPS) is 12.4. The molecule has 2 aromatic rings. The van der Waals surface area contributed by atoms with Crippen molar-refractivity contribution in [3.63, 3.8) is 0 Å². The van der Waals surface area contributed by atoms with Crippen LogP contribution < -0.4 is 10.2 Å². The van der Waals surface area contributed by atoms with Crippen molar-refractivity contribution in [2.24, 2.45) is 0 Å². The van der Waals surface area contributed by atoms with Gasteiger partial charge in [0.05, 0.1) is 22.9 Å². The summed E-state index contributed by atoms with van der Waals surface area (Å²) in [5.41, 5.74) is 2.55. The van der Waals surface area contributed by atoms with Gasteiger partial charge in [-0.15, -0.1) is 11.3 Å². The number of aromatic nitrogens is 1. The molecule has 2 rings (SSSR count). The third-order valence-corrected chi connectivity index (χ3v) is 4.28. The number of hydrogen-bond donors (Lipinski definition) is 1. The van der Waals surface area contributed by atoms with Gasteiger partial charge in [-0.2, -0.15) is 0 Å². The summed E-state index contributed by atoms with van der Waals surface area (Å²) in [6, 6.07) is 5.60. The van der Waals surface area contributed by atoms with Crippen molar-refractivity contribution in [1.29, 1.82) is 0 Å². The molecule has 0 amide bonds. The zero-order valence-electron chi connectivity index (χ0n) is 13.0. The number of aryl methyl sites for hydroxylation is 1. The van der Waals surface area contributed by atoms with Crippen LogP contribution in [0, 0.1) is 12.7 Å². The van der Waals surface area contributed by atoms with Crippen molar-refractivity contribution in [3.05, 3.63) is 45.7 Å². The minimum Gasteiger partial charge on any atom is -0.366 e. The molecule has 3 nitrogen and oxygen atoms in total. The smallest absolute Gasteiger partial charge is 0.146 e. The molecule has 114 valence electrons. The summed E-state index contributed by atoms with van der Waals surface area (Å²) in [5, 5.41) is 6.35. The Balaban J connectivity index is 2.12. The Hall–Kier alpha value is -1.46. The van der Waals surface area contributed by atoms with Crippen molar-refractivity contribution >= 4 is 17.0 Å². The first-order valence-corrected chi connectivity index (χ1v) is 8.04. The molecule has 1 unspecified atom stereocenters. The van der Waals surface area contributed by atoms with E-state index in [2.05, 4.69) is 10.3 Å². The van der Waals surface area contributed by atoms with Gasteiger partial charge in [0, 0.05) is 18.5 Å². The second kappa shape index (κ2) is 7.00.